The fourth-order valence-corrected chi connectivity index (χ4v) is 2.84. The quantitative estimate of drug-likeness (QED) is 0.874. The van der Waals surface area contributed by atoms with Gasteiger partial charge in [0.2, 0.25) is 0 Å². The van der Waals surface area contributed by atoms with Gasteiger partial charge in [-0.3, -0.25) is 4.79 Å². The van der Waals surface area contributed by atoms with E-state index >= 15 is 0 Å². The Labute approximate surface area is 127 Å². The van der Waals surface area contributed by atoms with Crippen molar-refractivity contribution in [3.63, 3.8) is 0 Å². The Balaban J connectivity index is 1.88. The van der Waals surface area contributed by atoms with Crippen molar-refractivity contribution >= 4 is 5.91 Å². The van der Waals surface area contributed by atoms with Crippen molar-refractivity contribution < 1.29 is 9.53 Å². The largest absolute Gasteiger partial charge is 0.367 e. The predicted octanol–water partition coefficient (Wildman–Crippen LogP) is 2.36. The molecule has 2 rings (SSSR count). The fourth-order valence-electron chi connectivity index (χ4n) is 2.84. The van der Waals surface area contributed by atoms with E-state index in [-0.39, 0.29) is 5.91 Å². The lowest BCUT2D eigenvalue weighted by Crippen LogP contribution is -2.39. The Hall–Kier alpha value is -1.39. The highest BCUT2D eigenvalue weighted by molar-refractivity contribution is 5.82. The van der Waals surface area contributed by atoms with Crippen LogP contribution in [-0.2, 0) is 9.53 Å². The summed E-state index contributed by atoms with van der Waals surface area (Å²) in [6.07, 6.45) is 4.28. The van der Waals surface area contributed by atoms with E-state index < -0.39 is 6.10 Å². The zero-order chi connectivity index (χ0) is 15.1. The predicted molar refractivity (Wildman–Crippen MR) is 84.1 cm³/mol. The molecule has 21 heavy (non-hydrogen) atoms. The van der Waals surface area contributed by atoms with Gasteiger partial charge in [-0.1, -0.05) is 36.8 Å². The van der Waals surface area contributed by atoms with E-state index in [1.807, 2.05) is 37.4 Å². The van der Waals surface area contributed by atoms with Crippen LogP contribution in [0.5, 0.6) is 0 Å². The Morgan fingerprint density at radius 3 is 2.76 bits per heavy atom. The summed E-state index contributed by atoms with van der Waals surface area (Å²) in [7, 11) is 3.45. The number of hydrogen-bond donors (Lipinski definition) is 1. The molecule has 1 heterocycles. The average Bonchev–Trinajstić information content (AvgIpc) is 2.55. The molecule has 0 aromatic heterocycles. The van der Waals surface area contributed by atoms with Crippen molar-refractivity contribution in [2.24, 2.45) is 0 Å². The third-order valence-corrected chi connectivity index (χ3v) is 4.16. The first-order chi connectivity index (χ1) is 10.2. The molecular formula is C17H26N2O2. The SMILES string of the molecule is COC(C(=O)N(C)CCC1CCCCN1)c1ccccc1. The third-order valence-electron chi connectivity index (χ3n) is 4.16. The maximum atomic E-state index is 12.5. The number of nitrogens with one attached hydrogen (secondary N) is 1. The minimum Gasteiger partial charge on any atom is -0.367 e. The van der Waals surface area contributed by atoms with E-state index in [4.69, 9.17) is 4.74 Å². The number of benzene rings is 1. The summed E-state index contributed by atoms with van der Waals surface area (Å²) in [5.74, 6) is 0.0273. The molecule has 0 bridgehead atoms. The van der Waals surface area contributed by atoms with E-state index in [0.29, 0.717) is 6.04 Å². The summed E-state index contributed by atoms with van der Waals surface area (Å²) in [6, 6.07) is 10.2. The van der Waals surface area contributed by atoms with Crippen molar-refractivity contribution in [3.05, 3.63) is 35.9 Å². The smallest absolute Gasteiger partial charge is 0.256 e. The van der Waals surface area contributed by atoms with Crippen LogP contribution in [0.4, 0.5) is 0 Å². The summed E-state index contributed by atoms with van der Waals surface area (Å²) in [6.45, 7) is 1.87. The second kappa shape index (κ2) is 8.15. The second-order valence-electron chi connectivity index (χ2n) is 5.72. The number of likely N-dealkylation sites (N-methyl/N-ethyl adjacent to an activating group) is 1. The fraction of sp³-hybridized carbons (Fsp3) is 0.588. The molecule has 0 radical (unpaired) electrons. The van der Waals surface area contributed by atoms with Gasteiger partial charge in [0, 0.05) is 26.7 Å². The van der Waals surface area contributed by atoms with Crippen molar-refractivity contribution in [2.75, 3.05) is 27.2 Å². The van der Waals surface area contributed by atoms with Crippen LogP contribution in [0.2, 0.25) is 0 Å². The molecule has 0 aliphatic carbocycles. The monoisotopic (exact) mass is 290 g/mol. The molecule has 4 nitrogen and oxygen atoms in total. The van der Waals surface area contributed by atoms with Crippen LogP contribution in [0.1, 0.15) is 37.4 Å². The Morgan fingerprint density at radius 2 is 2.14 bits per heavy atom. The molecule has 4 heteroatoms. The first-order valence-corrected chi connectivity index (χ1v) is 7.78. The molecule has 1 amide bonds. The molecule has 2 atom stereocenters. The highest BCUT2D eigenvalue weighted by Gasteiger charge is 2.24. The maximum absolute atomic E-state index is 12.5. The van der Waals surface area contributed by atoms with Gasteiger partial charge in [0.15, 0.2) is 6.10 Å². The number of nitrogens with zero attached hydrogens (tertiary/aromatic N) is 1. The molecule has 1 aromatic carbocycles. The molecule has 1 aromatic rings. The molecule has 116 valence electrons. The number of amides is 1. The van der Waals surface area contributed by atoms with Crippen LogP contribution in [0.3, 0.4) is 0 Å². The lowest BCUT2D eigenvalue weighted by molar-refractivity contribution is -0.141. The minimum absolute atomic E-state index is 0.0273. The zero-order valence-electron chi connectivity index (χ0n) is 13.0. The summed E-state index contributed by atoms with van der Waals surface area (Å²) in [5, 5.41) is 3.52. The topological polar surface area (TPSA) is 41.6 Å². The van der Waals surface area contributed by atoms with Crippen LogP contribution in [0.15, 0.2) is 30.3 Å². The normalized spacial score (nSPS) is 20.0. The van der Waals surface area contributed by atoms with Gasteiger partial charge in [-0.25, -0.2) is 0 Å². The molecule has 2 unspecified atom stereocenters. The maximum Gasteiger partial charge on any atom is 0.256 e. The number of hydrogen-bond acceptors (Lipinski definition) is 3. The van der Waals surface area contributed by atoms with E-state index in [2.05, 4.69) is 5.32 Å². The van der Waals surface area contributed by atoms with Crippen LogP contribution < -0.4 is 5.32 Å². The van der Waals surface area contributed by atoms with Crippen molar-refractivity contribution in [3.8, 4) is 0 Å². The summed E-state index contributed by atoms with van der Waals surface area (Å²) >= 11 is 0. The van der Waals surface area contributed by atoms with Crippen LogP contribution in [0, 0.1) is 0 Å². The van der Waals surface area contributed by atoms with Crippen molar-refractivity contribution in [2.45, 2.75) is 37.8 Å². The van der Waals surface area contributed by atoms with Gasteiger partial charge >= 0.3 is 0 Å². The first-order valence-electron chi connectivity index (χ1n) is 7.78. The number of methoxy groups -OCH3 is 1. The lowest BCUT2D eigenvalue weighted by atomic mass is 10.0. The molecule has 1 N–H and O–H groups in total. The van der Waals surface area contributed by atoms with Gasteiger partial charge in [-0.15, -0.1) is 0 Å². The van der Waals surface area contributed by atoms with Crippen molar-refractivity contribution in [1.82, 2.24) is 10.2 Å². The number of carbonyl (C=O) groups excluding carboxylic acids is 1. The third kappa shape index (κ3) is 4.55. The van der Waals surface area contributed by atoms with Crippen LogP contribution in [-0.4, -0.2) is 44.1 Å². The van der Waals surface area contributed by atoms with Crippen LogP contribution in [0.25, 0.3) is 0 Å². The van der Waals surface area contributed by atoms with E-state index in [9.17, 15) is 4.79 Å². The minimum atomic E-state index is -0.504. The zero-order valence-corrected chi connectivity index (χ0v) is 13.0. The molecule has 1 fully saturated rings. The number of rotatable bonds is 6. The molecule has 1 saturated heterocycles. The molecular weight excluding hydrogens is 264 g/mol. The Morgan fingerprint density at radius 1 is 1.38 bits per heavy atom. The highest BCUT2D eigenvalue weighted by Crippen LogP contribution is 2.19. The average molecular weight is 290 g/mol. The van der Waals surface area contributed by atoms with Crippen molar-refractivity contribution in [1.29, 1.82) is 0 Å². The van der Waals surface area contributed by atoms with E-state index in [0.717, 1.165) is 25.1 Å². The standard InChI is InChI=1S/C17H26N2O2/c1-19(13-11-15-10-6-7-12-18-15)17(20)16(21-2)14-8-4-3-5-9-14/h3-5,8-9,15-16,18H,6-7,10-13H2,1-2H3. The second-order valence-corrected chi connectivity index (χ2v) is 5.72. The Bertz CT molecular complexity index is 430. The summed E-state index contributed by atoms with van der Waals surface area (Å²) in [4.78, 5) is 14.3. The van der Waals surface area contributed by atoms with Gasteiger partial charge in [-0.05, 0) is 31.4 Å². The van der Waals surface area contributed by atoms with Gasteiger partial charge in [0.05, 0.1) is 0 Å². The highest BCUT2D eigenvalue weighted by atomic mass is 16.5. The van der Waals surface area contributed by atoms with Gasteiger partial charge in [0.25, 0.3) is 5.91 Å². The number of carbonyl (C=O) groups is 1. The van der Waals surface area contributed by atoms with Gasteiger partial charge < -0.3 is 15.0 Å². The molecule has 0 spiro atoms. The first kappa shape index (κ1) is 16.0. The van der Waals surface area contributed by atoms with Crippen LogP contribution >= 0.6 is 0 Å². The molecule has 1 aliphatic heterocycles. The Kier molecular flexibility index (Phi) is 6.21. The number of ether oxygens (including phenoxy) is 1. The van der Waals surface area contributed by atoms with E-state index in [1.165, 1.54) is 19.3 Å². The van der Waals surface area contributed by atoms with Gasteiger partial charge in [-0.2, -0.15) is 0 Å². The molecule has 0 saturated carbocycles. The number of piperidine rings is 1. The summed E-state index contributed by atoms with van der Waals surface area (Å²) in [5.41, 5.74) is 0.910. The molecule has 1 aliphatic rings. The summed E-state index contributed by atoms with van der Waals surface area (Å²) < 4.78 is 5.40. The van der Waals surface area contributed by atoms with Gasteiger partial charge in [0.1, 0.15) is 0 Å². The lowest BCUT2D eigenvalue weighted by Gasteiger charge is -2.27. The van der Waals surface area contributed by atoms with E-state index in [1.54, 1.807) is 12.0 Å².